The van der Waals surface area contributed by atoms with Crippen molar-refractivity contribution in [2.45, 2.75) is 48.7 Å². The monoisotopic (exact) mass is 420 g/mol. The minimum atomic E-state index is -0.702. The molecular formula is C20H24N2O4S2. The number of rotatable bonds is 9. The molecule has 0 aromatic heterocycles. The van der Waals surface area contributed by atoms with E-state index in [9.17, 15) is 19.8 Å². The third kappa shape index (κ3) is 7.55. The molecule has 0 spiro atoms. The molecule has 0 radical (unpaired) electrons. The van der Waals surface area contributed by atoms with Gasteiger partial charge < -0.3 is 20.8 Å². The standard InChI is InChI=1S/C20H24N2O4S2/c1-13(23)11-19(25)21-15-7-3-5-9-17(15)27-28-18-10-6-4-8-16(18)22-20(26)12-14(2)24/h3-10,13-14,23-24H,11-12H2,1-2H3,(H,21,25)(H,22,26). The molecule has 2 aromatic rings. The van der Waals surface area contributed by atoms with Gasteiger partial charge in [-0.25, -0.2) is 0 Å². The molecule has 0 bridgehead atoms. The Kier molecular flexibility index (Phi) is 8.85. The van der Waals surface area contributed by atoms with Crippen molar-refractivity contribution in [3.05, 3.63) is 48.5 Å². The fraction of sp³-hybridized carbons (Fsp3) is 0.300. The molecule has 0 aliphatic carbocycles. The van der Waals surface area contributed by atoms with E-state index in [-0.39, 0.29) is 24.7 Å². The second kappa shape index (κ2) is 11.1. The Balaban J connectivity index is 2.07. The van der Waals surface area contributed by atoms with E-state index in [1.54, 1.807) is 26.0 Å². The highest BCUT2D eigenvalue weighted by atomic mass is 33.1. The zero-order valence-electron chi connectivity index (χ0n) is 15.7. The smallest absolute Gasteiger partial charge is 0.226 e. The van der Waals surface area contributed by atoms with Crippen LogP contribution >= 0.6 is 21.6 Å². The summed E-state index contributed by atoms with van der Waals surface area (Å²) in [6, 6.07) is 14.8. The molecule has 2 rings (SSSR count). The lowest BCUT2D eigenvalue weighted by Gasteiger charge is -2.13. The lowest BCUT2D eigenvalue weighted by Crippen LogP contribution is -2.18. The summed E-state index contributed by atoms with van der Waals surface area (Å²) >= 11 is 0. The second-order valence-corrected chi connectivity index (χ2v) is 8.57. The molecule has 28 heavy (non-hydrogen) atoms. The van der Waals surface area contributed by atoms with Crippen molar-refractivity contribution < 1.29 is 19.8 Å². The highest BCUT2D eigenvalue weighted by molar-refractivity contribution is 8.76. The van der Waals surface area contributed by atoms with Crippen molar-refractivity contribution in [1.29, 1.82) is 0 Å². The zero-order chi connectivity index (χ0) is 20.5. The maximum atomic E-state index is 12.0. The Bertz CT molecular complexity index is 745. The average molecular weight is 421 g/mol. The number of aliphatic hydroxyl groups excluding tert-OH is 2. The summed E-state index contributed by atoms with van der Waals surface area (Å²) in [5, 5.41) is 24.3. The summed E-state index contributed by atoms with van der Waals surface area (Å²) < 4.78 is 0. The highest BCUT2D eigenvalue weighted by Gasteiger charge is 2.13. The molecule has 0 fully saturated rings. The first kappa shape index (κ1) is 22.3. The van der Waals surface area contributed by atoms with Crippen molar-refractivity contribution in [3.63, 3.8) is 0 Å². The first-order valence-corrected chi connectivity index (χ1v) is 11.0. The van der Waals surface area contributed by atoms with E-state index >= 15 is 0 Å². The second-order valence-electron chi connectivity index (χ2n) is 6.36. The number of nitrogens with one attached hydrogen (secondary N) is 2. The van der Waals surface area contributed by atoms with Crippen LogP contribution in [-0.2, 0) is 9.59 Å². The Morgan fingerprint density at radius 3 is 1.50 bits per heavy atom. The van der Waals surface area contributed by atoms with Gasteiger partial charge in [0.25, 0.3) is 0 Å². The Morgan fingerprint density at radius 2 is 1.14 bits per heavy atom. The van der Waals surface area contributed by atoms with Gasteiger partial charge in [0.15, 0.2) is 0 Å². The molecule has 6 nitrogen and oxygen atoms in total. The van der Waals surface area contributed by atoms with Gasteiger partial charge in [0, 0.05) is 9.79 Å². The number of carbonyl (C=O) groups is 2. The summed E-state index contributed by atoms with van der Waals surface area (Å²) in [5.74, 6) is -0.502. The van der Waals surface area contributed by atoms with E-state index in [4.69, 9.17) is 0 Å². The summed E-state index contributed by atoms with van der Waals surface area (Å²) in [6.07, 6.45) is -1.34. The molecule has 2 amide bonds. The van der Waals surface area contributed by atoms with Crippen molar-refractivity contribution in [2.75, 3.05) is 10.6 Å². The molecular weight excluding hydrogens is 396 g/mol. The topological polar surface area (TPSA) is 98.7 Å². The van der Waals surface area contributed by atoms with E-state index < -0.39 is 12.2 Å². The highest BCUT2D eigenvalue weighted by Crippen LogP contribution is 2.43. The van der Waals surface area contributed by atoms with E-state index in [0.29, 0.717) is 11.4 Å². The molecule has 0 aliphatic heterocycles. The predicted molar refractivity (Wildman–Crippen MR) is 114 cm³/mol. The summed E-state index contributed by atoms with van der Waals surface area (Å²) in [6.45, 7) is 3.14. The SMILES string of the molecule is CC(O)CC(=O)Nc1ccccc1SSc1ccccc1NC(=O)CC(C)O. The summed E-state index contributed by atoms with van der Waals surface area (Å²) in [7, 11) is 2.91. The Hall–Kier alpha value is -2.00. The predicted octanol–water partition coefficient (Wildman–Crippen LogP) is 3.90. The number of carbonyl (C=O) groups excluding carboxylic acids is 2. The number of hydrogen-bond donors (Lipinski definition) is 4. The Labute approximate surface area is 172 Å². The van der Waals surface area contributed by atoms with Crippen LogP contribution in [0, 0.1) is 0 Å². The van der Waals surface area contributed by atoms with Crippen LogP contribution < -0.4 is 10.6 Å². The molecule has 150 valence electrons. The van der Waals surface area contributed by atoms with Crippen molar-refractivity contribution in [1.82, 2.24) is 0 Å². The minimum absolute atomic E-state index is 0.0320. The van der Waals surface area contributed by atoms with Crippen LogP contribution in [0.25, 0.3) is 0 Å². The van der Waals surface area contributed by atoms with Crippen molar-refractivity contribution in [3.8, 4) is 0 Å². The van der Waals surface area contributed by atoms with Gasteiger partial charge in [-0.1, -0.05) is 45.9 Å². The number of benzene rings is 2. The van der Waals surface area contributed by atoms with Crippen LogP contribution in [0.15, 0.2) is 58.3 Å². The Morgan fingerprint density at radius 1 is 0.786 bits per heavy atom. The average Bonchev–Trinajstić information content (AvgIpc) is 2.60. The molecule has 2 atom stereocenters. The van der Waals surface area contributed by atoms with Crippen LogP contribution in [0.2, 0.25) is 0 Å². The van der Waals surface area contributed by atoms with Crippen LogP contribution in [-0.4, -0.2) is 34.2 Å². The quantitative estimate of drug-likeness (QED) is 0.459. The van der Waals surface area contributed by atoms with Crippen LogP contribution in [0.1, 0.15) is 26.7 Å². The molecule has 0 heterocycles. The van der Waals surface area contributed by atoms with Crippen LogP contribution in [0.5, 0.6) is 0 Å². The fourth-order valence-corrected chi connectivity index (χ4v) is 4.59. The van der Waals surface area contributed by atoms with Gasteiger partial charge in [0.05, 0.1) is 36.4 Å². The van der Waals surface area contributed by atoms with Gasteiger partial charge in [0.1, 0.15) is 0 Å². The van der Waals surface area contributed by atoms with Crippen LogP contribution in [0.4, 0.5) is 11.4 Å². The van der Waals surface area contributed by atoms with Gasteiger partial charge in [-0.2, -0.15) is 0 Å². The summed E-state index contributed by atoms with van der Waals surface area (Å²) in [4.78, 5) is 25.6. The zero-order valence-corrected chi connectivity index (χ0v) is 17.3. The minimum Gasteiger partial charge on any atom is -0.393 e. The molecule has 2 aromatic carbocycles. The van der Waals surface area contributed by atoms with Crippen molar-refractivity contribution in [2.24, 2.45) is 0 Å². The first-order chi connectivity index (χ1) is 13.3. The third-order valence-electron chi connectivity index (χ3n) is 3.51. The van der Waals surface area contributed by atoms with E-state index in [1.807, 2.05) is 36.4 Å². The summed E-state index contributed by atoms with van der Waals surface area (Å²) in [5.41, 5.74) is 1.34. The van der Waals surface area contributed by atoms with Gasteiger partial charge in [-0.3, -0.25) is 9.59 Å². The van der Waals surface area contributed by atoms with E-state index in [2.05, 4.69) is 10.6 Å². The number of aliphatic hydroxyl groups is 2. The van der Waals surface area contributed by atoms with Gasteiger partial charge >= 0.3 is 0 Å². The molecule has 2 unspecified atom stereocenters. The fourth-order valence-electron chi connectivity index (χ4n) is 2.31. The number of anilines is 2. The molecule has 0 saturated carbocycles. The lowest BCUT2D eigenvalue weighted by molar-refractivity contribution is -0.118. The molecule has 0 aliphatic rings. The maximum Gasteiger partial charge on any atom is 0.226 e. The number of amides is 2. The van der Waals surface area contributed by atoms with Gasteiger partial charge in [0.2, 0.25) is 11.8 Å². The first-order valence-electron chi connectivity index (χ1n) is 8.83. The van der Waals surface area contributed by atoms with Gasteiger partial charge in [-0.15, -0.1) is 0 Å². The van der Waals surface area contributed by atoms with E-state index in [1.165, 1.54) is 21.6 Å². The normalized spacial score (nSPS) is 12.9. The lowest BCUT2D eigenvalue weighted by atomic mass is 10.2. The largest absolute Gasteiger partial charge is 0.393 e. The molecule has 0 saturated heterocycles. The molecule has 4 N–H and O–H groups in total. The van der Waals surface area contributed by atoms with Crippen LogP contribution in [0.3, 0.4) is 0 Å². The number of para-hydroxylation sites is 2. The number of hydrogen-bond acceptors (Lipinski definition) is 6. The van der Waals surface area contributed by atoms with Gasteiger partial charge in [-0.05, 0) is 38.1 Å². The maximum absolute atomic E-state index is 12.0. The van der Waals surface area contributed by atoms with E-state index in [0.717, 1.165) is 9.79 Å². The van der Waals surface area contributed by atoms with Crippen molar-refractivity contribution >= 4 is 44.8 Å². The third-order valence-corrected chi connectivity index (χ3v) is 5.99. The molecule has 8 heteroatoms.